The number of carbonyl (C=O) groups excluding carboxylic acids is 1. The van der Waals surface area contributed by atoms with Gasteiger partial charge in [-0.3, -0.25) is 18.7 Å². The lowest BCUT2D eigenvalue weighted by atomic mass is 10.3. The highest BCUT2D eigenvalue weighted by Gasteiger charge is 2.22. The van der Waals surface area contributed by atoms with Gasteiger partial charge in [0.1, 0.15) is 11.2 Å². The molecule has 0 atom stereocenters. The fourth-order valence-electron chi connectivity index (χ4n) is 3.41. The summed E-state index contributed by atoms with van der Waals surface area (Å²) in [4.78, 5) is 45.0. The van der Waals surface area contributed by atoms with Gasteiger partial charge < -0.3 is 10.2 Å². The summed E-state index contributed by atoms with van der Waals surface area (Å²) in [6.45, 7) is 3.53. The van der Waals surface area contributed by atoms with Crippen LogP contribution in [-0.2, 0) is 17.9 Å². The Bertz CT molecular complexity index is 1180. The Hall–Kier alpha value is -2.46. The molecule has 29 heavy (non-hydrogen) atoms. The van der Waals surface area contributed by atoms with Gasteiger partial charge in [-0.05, 0) is 44.0 Å². The lowest BCUT2D eigenvalue weighted by molar-refractivity contribution is -0.116. The average Bonchev–Trinajstić information content (AvgIpc) is 3.37. The van der Waals surface area contributed by atoms with Crippen LogP contribution in [0, 0.1) is 0 Å². The first kappa shape index (κ1) is 19.8. The van der Waals surface area contributed by atoms with E-state index in [-0.39, 0.29) is 30.2 Å². The number of nitrogens with zero attached hydrogens (tertiary/aromatic N) is 4. The number of carbonyl (C=O) groups is 1. The highest BCUT2D eigenvalue weighted by molar-refractivity contribution is 9.10. The number of amides is 1. The van der Waals surface area contributed by atoms with Gasteiger partial charge in [0, 0.05) is 29.8 Å². The van der Waals surface area contributed by atoms with Gasteiger partial charge >= 0.3 is 5.69 Å². The molecule has 8 nitrogen and oxygen atoms in total. The van der Waals surface area contributed by atoms with E-state index in [0.29, 0.717) is 10.4 Å². The van der Waals surface area contributed by atoms with Crippen molar-refractivity contribution >= 4 is 54.3 Å². The van der Waals surface area contributed by atoms with Gasteiger partial charge in [-0.25, -0.2) is 9.78 Å². The maximum atomic E-state index is 12.9. The monoisotopic (exact) mass is 477 g/mol. The molecule has 1 amide bonds. The summed E-state index contributed by atoms with van der Waals surface area (Å²) < 4.78 is 3.76. The van der Waals surface area contributed by atoms with Crippen molar-refractivity contribution in [3.63, 3.8) is 0 Å². The summed E-state index contributed by atoms with van der Waals surface area (Å²) in [5, 5.41) is 3.51. The second kappa shape index (κ2) is 8.11. The molecule has 0 spiro atoms. The minimum atomic E-state index is -0.519. The SMILES string of the molecule is CCn1c(=O)c2sc(N3CCCC3)nc2n(CC(=O)Nc2ccc(Br)cc2)c1=O. The van der Waals surface area contributed by atoms with Crippen molar-refractivity contribution in [2.75, 3.05) is 23.3 Å². The highest BCUT2D eigenvalue weighted by Crippen LogP contribution is 2.28. The molecule has 1 N–H and O–H groups in total. The van der Waals surface area contributed by atoms with Crippen LogP contribution in [-0.4, -0.2) is 33.1 Å². The topological polar surface area (TPSA) is 89.2 Å². The molecule has 4 rings (SSSR count). The minimum Gasteiger partial charge on any atom is -0.348 e. The number of nitrogens with one attached hydrogen (secondary N) is 1. The van der Waals surface area contributed by atoms with E-state index in [0.717, 1.165) is 40.1 Å². The summed E-state index contributed by atoms with van der Waals surface area (Å²) in [6, 6.07) is 7.17. The Morgan fingerprint density at radius 3 is 2.52 bits per heavy atom. The molecule has 1 aliphatic rings. The fraction of sp³-hybridized carbons (Fsp3) is 0.368. The van der Waals surface area contributed by atoms with Crippen LogP contribution in [0.5, 0.6) is 0 Å². The number of fused-ring (bicyclic) bond motifs is 1. The van der Waals surface area contributed by atoms with Gasteiger partial charge in [-0.1, -0.05) is 27.3 Å². The van der Waals surface area contributed by atoms with Gasteiger partial charge in [0.2, 0.25) is 5.91 Å². The molecule has 1 aromatic carbocycles. The predicted octanol–water partition coefficient (Wildman–Crippen LogP) is 2.64. The first-order valence-corrected chi connectivity index (χ1v) is 11.0. The third-order valence-corrected chi connectivity index (χ3v) is 6.50. The molecule has 0 bridgehead atoms. The molecule has 10 heteroatoms. The Balaban J connectivity index is 1.73. The highest BCUT2D eigenvalue weighted by atomic mass is 79.9. The van der Waals surface area contributed by atoms with Gasteiger partial charge in [0.15, 0.2) is 10.8 Å². The van der Waals surface area contributed by atoms with E-state index in [9.17, 15) is 14.4 Å². The zero-order valence-corrected chi connectivity index (χ0v) is 18.3. The van der Waals surface area contributed by atoms with Crippen molar-refractivity contribution < 1.29 is 4.79 Å². The van der Waals surface area contributed by atoms with Crippen LogP contribution in [0.1, 0.15) is 19.8 Å². The number of aromatic nitrogens is 3. The summed E-state index contributed by atoms with van der Waals surface area (Å²) in [5.74, 6) is -0.354. The van der Waals surface area contributed by atoms with Gasteiger partial charge in [0.25, 0.3) is 5.56 Å². The molecule has 0 saturated carbocycles. The van der Waals surface area contributed by atoms with E-state index in [1.807, 2.05) is 12.1 Å². The molecule has 0 aliphatic carbocycles. The van der Waals surface area contributed by atoms with Crippen LogP contribution in [0.15, 0.2) is 38.3 Å². The van der Waals surface area contributed by atoms with Gasteiger partial charge in [0.05, 0.1) is 0 Å². The van der Waals surface area contributed by atoms with Crippen LogP contribution in [0.4, 0.5) is 10.8 Å². The molecule has 3 aromatic rings. The second-order valence-electron chi connectivity index (χ2n) is 6.82. The van der Waals surface area contributed by atoms with Gasteiger partial charge in [-0.15, -0.1) is 0 Å². The number of halogens is 1. The van der Waals surface area contributed by atoms with E-state index in [1.54, 1.807) is 19.1 Å². The van der Waals surface area contributed by atoms with Crippen LogP contribution in [0.3, 0.4) is 0 Å². The van der Waals surface area contributed by atoms with Crippen molar-refractivity contribution in [2.24, 2.45) is 0 Å². The summed E-state index contributed by atoms with van der Waals surface area (Å²) in [7, 11) is 0. The zero-order chi connectivity index (χ0) is 20.5. The summed E-state index contributed by atoms with van der Waals surface area (Å²) in [6.07, 6.45) is 2.16. The maximum Gasteiger partial charge on any atom is 0.333 e. The molecule has 1 fully saturated rings. The standard InChI is InChI=1S/C19H20BrN5O3S/c1-2-24-17(27)15-16(22-18(29-15)23-9-3-4-10-23)25(19(24)28)11-14(26)21-13-7-5-12(20)6-8-13/h5-8H,2-4,9-11H2,1H3,(H,21,26). The first-order valence-electron chi connectivity index (χ1n) is 9.42. The van der Waals surface area contributed by atoms with Crippen LogP contribution in [0.2, 0.25) is 0 Å². The Labute approximate surface area is 178 Å². The van der Waals surface area contributed by atoms with Crippen molar-refractivity contribution in [1.82, 2.24) is 14.1 Å². The fourth-order valence-corrected chi connectivity index (χ4v) is 4.75. The zero-order valence-electron chi connectivity index (χ0n) is 15.9. The number of benzene rings is 1. The average molecular weight is 478 g/mol. The number of anilines is 2. The van der Waals surface area contributed by atoms with Crippen molar-refractivity contribution in [2.45, 2.75) is 32.9 Å². The Kier molecular flexibility index (Phi) is 5.55. The minimum absolute atomic E-state index is 0.213. The predicted molar refractivity (Wildman–Crippen MR) is 118 cm³/mol. The summed E-state index contributed by atoms with van der Waals surface area (Å²) >= 11 is 4.64. The van der Waals surface area contributed by atoms with Crippen LogP contribution < -0.4 is 21.5 Å². The molecule has 0 radical (unpaired) electrons. The van der Waals surface area contributed by atoms with Crippen molar-refractivity contribution in [3.8, 4) is 0 Å². The Morgan fingerprint density at radius 2 is 1.86 bits per heavy atom. The van der Waals surface area contributed by atoms with E-state index < -0.39 is 5.69 Å². The molecular formula is C19H20BrN5O3S. The second-order valence-corrected chi connectivity index (χ2v) is 8.71. The lowest BCUT2D eigenvalue weighted by Crippen LogP contribution is -2.41. The maximum absolute atomic E-state index is 12.9. The number of hydrogen-bond acceptors (Lipinski definition) is 6. The van der Waals surface area contributed by atoms with E-state index in [1.165, 1.54) is 15.9 Å². The smallest absolute Gasteiger partial charge is 0.333 e. The third kappa shape index (κ3) is 3.86. The van der Waals surface area contributed by atoms with Crippen LogP contribution in [0.25, 0.3) is 10.3 Å². The van der Waals surface area contributed by atoms with Crippen molar-refractivity contribution in [3.05, 3.63) is 49.6 Å². The van der Waals surface area contributed by atoms with E-state index in [4.69, 9.17) is 0 Å². The number of hydrogen-bond donors (Lipinski definition) is 1. The van der Waals surface area contributed by atoms with E-state index in [2.05, 4.69) is 31.1 Å². The summed E-state index contributed by atoms with van der Waals surface area (Å²) in [5.41, 5.74) is 0.0409. The van der Waals surface area contributed by atoms with Crippen LogP contribution >= 0.6 is 27.3 Å². The van der Waals surface area contributed by atoms with Gasteiger partial charge in [-0.2, -0.15) is 0 Å². The molecule has 0 unspecified atom stereocenters. The third-order valence-electron chi connectivity index (χ3n) is 4.88. The molecule has 1 saturated heterocycles. The number of rotatable bonds is 5. The quantitative estimate of drug-likeness (QED) is 0.609. The molecular weight excluding hydrogens is 458 g/mol. The lowest BCUT2D eigenvalue weighted by Gasteiger charge is -2.12. The van der Waals surface area contributed by atoms with Crippen molar-refractivity contribution in [1.29, 1.82) is 0 Å². The molecule has 3 heterocycles. The first-order chi connectivity index (χ1) is 14.0. The largest absolute Gasteiger partial charge is 0.348 e. The Morgan fingerprint density at radius 1 is 1.17 bits per heavy atom. The molecule has 1 aliphatic heterocycles. The molecule has 152 valence electrons. The number of thiazole rings is 1. The molecule has 2 aromatic heterocycles. The normalized spacial score (nSPS) is 13.9. The van der Waals surface area contributed by atoms with E-state index >= 15 is 0 Å².